The van der Waals surface area contributed by atoms with Crippen molar-refractivity contribution < 1.29 is 18.9 Å². The van der Waals surface area contributed by atoms with Crippen LogP contribution in [0.4, 0.5) is 0 Å². The number of benzene rings is 2. The summed E-state index contributed by atoms with van der Waals surface area (Å²) >= 11 is 0. The molecule has 2 aliphatic heterocycles. The van der Waals surface area contributed by atoms with E-state index in [0.717, 1.165) is 62.0 Å². The Morgan fingerprint density at radius 2 is 1.81 bits per heavy atom. The smallest absolute Gasteiger partial charge is 0.165 e. The van der Waals surface area contributed by atoms with E-state index in [0.29, 0.717) is 19.1 Å². The maximum Gasteiger partial charge on any atom is 0.165 e. The summed E-state index contributed by atoms with van der Waals surface area (Å²) in [6.07, 6.45) is 2.29. The van der Waals surface area contributed by atoms with Crippen molar-refractivity contribution in [3.05, 3.63) is 54.1 Å². The molecule has 5 heteroatoms. The molecule has 144 valence electrons. The number of hydrogen-bond donors (Lipinski definition) is 1. The summed E-state index contributed by atoms with van der Waals surface area (Å²) in [4.78, 5) is 0. The highest BCUT2D eigenvalue weighted by Crippen LogP contribution is 2.35. The normalized spacial score (nSPS) is 19.6. The first kappa shape index (κ1) is 18.1. The van der Waals surface area contributed by atoms with Crippen molar-refractivity contribution >= 4 is 0 Å². The molecule has 27 heavy (non-hydrogen) atoms. The van der Waals surface area contributed by atoms with Crippen molar-refractivity contribution in [2.24, 2.45) is 5.92 Å². The Morgan fingerprint density at radius 3 is 2.67 bits per heavy atom. The van der Waals surface area contributed by atoms with Gasteiger partial charge in [0.15, 0.2) is 11.5 Å². The summed E-state index contributed by atoms with van der Waals surface area (Å²) in [5.74, 6) is 3.03. The predicted octanol–water partition coefficient (Wildman–Crippen LogP) is 3.42. The summed E-state index contributed by atoms with van der Waals surface area (Å²) in [5, 5.41) is 3.53. The molecule has 1 atom stereocenters. The molecular formula is C22H27NO4. The lowest BCUT2D eigenvalue weighted by molar-refractivity contribution is 0.0617. The second kappa shape index (κ2) is 9.11. The Balaban J connectivity index is 1.27. The van der Waals surface area contributed by atoms with E-state index in [9.17, 15) is 0 Å². The van der Waals surface area contributed by atoms with Gasteiger partial charge in [0, 0.05) is 25.8 Å². The van der Waals surface area contributed by atoms with Gasteiger partial charge in [-0.15, -0.1) is 0 Å². The summed E-state index contributed by atoms with van der Waals surface area (Å²) in [6, 6.07) is 15.9. The minimum atomic E-state index is 0.0155. The van der Waals surface area contributed by atoms with Crippen LogP contribution in [0, 0.1) is 5.92 Å². The maximum absolute atomic E-state index is 6.12. The van der Waals surface area contributed by atoms with Gasteiger partial charge < -0.3 is 24.3 Å². The molecule has 1 N–H and O–H groups in total. The van der Waals surface area contributed by atoms with Crippen LogP contribution in [0.25, 0.3) is 0 Å². The third-order valence-electron chi connectivity index (χ3n) is 5.03. The first-order chi connectivity index (χ1) is 13.4. The van der Waals surface area contributed by atoms with Crippen LogP contribution in [0.3, 0.4) is 0 Å². The van der Waals surface area contributed by atoms with Gasteiger partial charge in [-0.05, 0) is 43.0 Å². The topological polar surface area (TPSA) is 49.0 Å². The quantitative estimate of drug-likeness (QED) is 0.810. The van der Waals surface area contributed by atoms with Crippen LogP contribution in [0.2, 0.25) is 0 Å². The van der Waals surface area contributed by atoms with E-state index in [1.54, 1.807) is 0 Å². The molecule has 0 amide bonds. The van der Waals surface area contributed by atoms with Crippen molar-refractivity contribution in [1.29, 1.82) is 0 Å². The van der Waals surface area contributed by atoms with Crippen LogP contribution in [0.1, 0.15) is 18.4 Å². The van der Waals surface area contributed by atoms with Crippen LogP contribution in [-0.4, -0.2) is 39.0 Å². The molecule has 0 aromatic heterocycles. The van der Waals surface area contributed by atoms with Crippen molar-refractivity contribution in [1.82, 2.24) is 5.32 Å². The van der Waals surface area contributed by atoms with Gasteiger partial charge in [0.2, 0.25) is 0 Å². The molecule has 0 bridgehead atoms. The standard InChI is InChI=1S/C22H27NO4/c1-2-4-18(5-3-1)15-25-19-6-7-21-22(12-19)27-20(16-26-21)14-23-13-17-8-10-24-11-9-17/h1-7,12,17,20,23H,8-11,13-16H2/t20-/m1/s1. The van der Waals surface area contributed by atoms with Crippen LogP contribution < -0.4 is 19.5 Å². The molecule has 2 aliphatic rings. The molecule has 1 fully saturated rings. The molecular weight excluding hydrogens is 342 g/mol. The molecule has 0 aliphatic carbocycles. The fourth-order valence-corrected chi connectivity index (χ4v) is 3.43. The van der Waals surface area contributed by atoms with Gasteiger partial charge in [-0.2, -0.15) is 0 Å². The number of ether oxygens (including phenoxy) is 4. The maximum atomic E-state index is 6.12. The number of hydrogen-bond acceptors (Lipinski definition) is 5. The SMILES string of the molecule is c1ccc(COc2ccc3c(c2)O[C@H](CNCC2CCOCC2)CO3)cc1. The summed E-state index contributed by atoms with van der Waals surface area (Å²) in [5.41, 5.74) is 1.14. The molecule has 0 radical (unpaired) electrons. The Morgan fingerprint density at radius 1 is 0.963 bits per heavy atom. The largest absolute Gasteiger partial charge is 0.489 e. The molecule has 0 saturated carbocycles. The van der Waals surface area contributed by atoms with Crippen molar-refractivity contribution in [2.45, 2.75) is 25.6 Å². The monoisotopic (exact) mass is 369 g/mol. The van der Waals surface area contributed by atoms with Gasteiger partial charge in [-0.3, -0.25) is 0 Å². The second-order valence-electron chi connectivity index (χ2n) is 7.15. The summed E-state index contributed by atoms with van der Waals surface area (Å²) in [7, 11) is 0. The fraction of sp³-hybridized carbons (Fsp3) is 0.455. The zero-order valence-corrected chi connectivity index (χ0v) is 15.6. The van der Waals surface area contributed by atoms with Crippen molar-refractivity contribution in [3.8, 4) is 17.2 Å². The highest BCUT2D eigenvalue weighted by Gasteiger charge is 2.22. The second-order valence-corrected chi connectivity index (χ2v) is 7.15. The lowest BCUT2D eigenvalue weighted by Crippen LogP contribution is -2.40. The highest BCUT2D eigenvalue weighted by molar-refractivity contribution is 5.46. The van der Waals surface area contributed by atoms with Gasteiger partial charge in [-0.1, -0.05) is 30.3 Å². The Hall–Kier alpha value is -2.24. The van der Waals surface area contributed by atoms with E-state index in [1.807, 2.05) is 36.4 Å². The van der Waals surface area contributed by atoms with Gasteiger partial charge in [0.25, 0.3) is 0 Å². The van der Waals surface area contributed by atoms with E-state index in [-0.39, 0.29) is 6.10 Å². The van der Waals surface area contributed by atoms with E-state index in [4.69, 9.17) is 18.9 Å². The van der Waals surface area contributed by atoms with Gasteiger partial charge in [-0.25, -0.2) is 0 Å². The van der Waals surface area contributed by atoms with Crippen LogP contribution in [0.15, 0.2) is 48.5 Å². The van der Waals surface area contributed by atoms with Crippen LogP contribution in [-0.2, 0) is 11.3 Å². The first-order valence-corrected chi connectivity index (χ1v) is 9.75. The summed E-state index contributed by atoms with van der Waals surface area (Å²) in [6.45, 7) is 4.67. The minimum absolute atomic E-state index is 0.0155. The average molecular weight is 369 g/mol. The zero-order valence-electron chi connectivity index (χ0n) is 15.6. The van der Waals surface area contributed by atoms with Crippen molar-refractivity contribution in [3.63, 3.8) is 0 Å². The van der Waals surface area contributed by atoms with E-state index < -0.39 is 0 Å². The van der Waals surface area contributed by atoms with E-state index >= 15 is 0 Å². The Kier molecular flexibility index (Phi) is 6.12. The lowest BCUT2D eigenvalue weighted by Gasteiger charge is -2.28. The summed E-state index contributed by atoms with van der Waals surface area (Å²) < 4.78 is 23.3. The lowest BCUT2D eigenvalue weighted by atomic mass is 10.0. The number of rotatable bonds is 7. The zero-order chi connectivity index (χ0) is 18.3. The number of nitrogens with one attached hydrogen (secondary N) is 1. The van der Waals surface area contributed by atoms with Gasteiger partial charge in [0.1, 0.15) is 25.1 Å². The molecule has 4 rings (SSSR count). The molecule has 0 spiro atoms. The first-order valence-electron chi connectivity index (χ1n) is 9.75. The van der Waals surface area contributed by atoms with Crippen LogP contribution >= 0.6 is 0 Å². The van der Waals surface area contributed by atoms with Crippen LogP contribution in [0.5, 0.6) is 17.2 Å². The van der Waals surface area contributed by atoms with E-state index in [1.165, 1.54) is 0 Å². The predicted molar refractivity (Wildman–Crippen MR) is 104 cm³/mol. The Labute approximate surface area is 160 Å². The van der Waals surface area contributed by atoms with Gasteiger partial charge in [0.05, 0.1) is 0 Å². The third-order valence-corrected chi connectivity index (χ3v) is 5.03. The third kappa shape index (κ3) is 5.15. The molecule has 2 aromatic carbocycles. The van der Waals surface area contributed by atoms with E-state index in [2.05, 4.69) is 17.4 Å². The van der Waals surface area contributed by atoms with Crippen molar-refractivity contribution in [2.75, 3.05) is 32.9 Å². The Bertz CT molecular complexity index is 716. The molecule has 0 unspecified atom stereocenters. The molecule has 5 nitrogen and oxygen atoms in total. The fourth-order valence-electron chi connectivity index (χ4n) is 3.43. The number of fused-ring (bicyclic) bond motifs is 1. The minimum Gasteiger partial charge on any atom is -0.489 e. The molecule has 2 aromatic rings. The molecule has 1 saturated heterocycles. The highest BCUT2D eigenvalue weighted by atomic mass is 16.6. The average Bonchev–Trinajstić information content (AvgIpc) is 2.73. The molecule has 2 heterocycles. The van der Waals surface area contributed by atoms with Gasteiger partial charge >= 0.3 is 0 Å².